The summed E-state index contributed by atoms with van der Waals surface area (Å²) in [4.78, 5) is 24.9. The van der Waals surface area contributed by atoms with Gasteiger partial charge in [0.05, 0.1) is 16.9 Å². The Kier molecular flexibility index (Phi) is 4.52. The number of imidazole rings is 1. The summed E-state index contributed by atoms with van der Waals surface area (Å²) in [6.07, 6.45) is 5.34. The molecule has 118 valence electrons. The molecule has 0 saturated heterocycles. The van der Waals surface area contributed by atoms with Crippen molar-refractivity contribution in [3.05, 3.63) is 52.2 Å². The van der Waals surface area contributed by atoms with Gasteiger partial charge in [-0.15, -0.1) is 11.3 Å². The molecule has 2 N–H and O–H groups in total. The van der Waals surface area contributed by atoms with Gasteiger partial charge in [0.15, 0.2) is 0 Å². The van der Waals surface area contributed by atoms with Gasteiger partial charge in [0.1, 0.15) is 10.7 Å². The van der Waals surface area contributed by atoms with Gasteiger partial charge < -0.3 is 10.3 Å². The average Bonchev–Trinajstić information content (AvgIpc) is 3.17. The first-order valence-corrected chi connectivity index (χ1v) is 8.36. The second kappa shape index (κ2) is 6.75. The van der Waals surface area contributed by atoms with E-state index in [0.29, 0.717) is 4.88 Å². The number of benzene rings is 1. The Hall–Kier alpha value is -2.47. The minimum atomic E-state index is -0.138. The van der Waals surface area contributed by atoms with Gasteiger partial charge in [-0.05, 0) is 31.9 Å². The number of H-pyrrole nitrogens is 1. The molecule has 0 aliphatic heterocycles. The Morgan fingerprint density at radius 1 is 1.26 bits per heavy atom. The van der Waals surface area contributed by atoms with Gasteiger partial charge >= 0.3 is 0 Å². The van der Waals surface area contributed by atoms with Crippen molar-refractivity contribution in [1.29, 1.82) is 0 Å². The van der Waals surface area contributed by atoms with E-state index < -0.39 is 0 Å². The molecule has 0 atom stereocenters. The van der Waals surface area contributed by atoms with Crippen LogP contribution in [0.15, 0.2) is 36.7 Å². The minimum absolute atomic E-state index is 0.138. The van der Waals surface area contributed by atoms with Gasteiger partial charge in [-0.3, -0.25) is 4.79 Å². The maximum Gasteiger partial charge on any atom is 0.267 e. The second-order valence-corrected chi connectivity index (χ2v) is 6.40. The fourth-order valence-corrected chi connectivity index (χ4v) is 3.19. The molecule has 0 aliphatic rings. The van der Waals surface area contributed by atoms with Crippen molar-refractivity contribution in [3.63, 3.8) is 0 Å². The normalized spacial score (nSPS) is 10.7. The van der Waals surface area contributed by atoms with Crippen LogP contribution >= 0.6 is 11.3 Å². The van der Waals surface area contributed by atoms with Gasteiger partial charge in [-0.2, -0.15) is 0 Å². The highest BCUT2D eigenvalue weighted by atomic mass is 32.1. The molecule has 0 saturated carbocycles. The quantitative estimate of drug-likeness (QED) is 0.743. The van der Waals surface area contributed by atoms with Crippen LogP contribution in [0, 0.1) is 6.92 Å². The number of hydrogen-bond acceptors (Lipinski definition) is 4. The van der Waals surface area contributed by atoms with Crippen LogP contribution < -0.4 is 5.32 Å². The molecular weight excluding hydrogens is 308 g/mol. The van der Waals surface area contributed by atoms with Crippen molar-refractivity contribution in [2.24, 2.45) is 0 Å². The number of carbonyl (C=O) groups is 1. The van der Waals surface area contributed by atoms with E-state index >= 15 is 0 Å². The zero-order chi connectivity index (χ0) is 16.2. The van der Waals surface area contributed by atoms with Gasteiger partial charge in [-0.25, -0.2) is 9.97 Å². The fraction of sp³-hybridized carbons (Fsp3) is 0.235. The lowest BCUT2D eigenvalue weighted by molar-refractivity contribution is 0.103. The van der Waals surface area contributed by atoms with Crippen molar-refractivity contribution in [3.8, 4) is 11.4 Å². The number of aryl methyl sites for hydroxylation is 2. The summed E-state index contributed by atoms with van der Waals surface area (Å²) in [6.45, 7) is 4.05. The van der Waals surface area contributed by atoms with Gasteiger partial charge in [0.2, 0.25) is 0 Å². The lowest BCUT2D eigenvalue weighted by Crippen LogP contribution is -2.11. The van der Waals surface area contributed by atoms with Crippen LogP contribution in [0.5, 0.6) is 0 Å². The lowest BCUT2D eigenvalue weighted by Gasteiger charge is -2.08. The number of thiazole rings is 1. The van der Waals surface area contributed by atoms with Crippen LogP contribution in [0.4, 0.5) is 5.69 Å². The molecule has 3 aromatic rings. The first-order chi connectivity index (χ1) is 11.2. The van der Waals surface area contributed by atoms with Crippen molar-refractivity contribution >= 4 is 22.9 Å². The van der Waals surface area contributed by atoms with E-state index in [1.165, 1.54) is 11.3 Å². The number of anilines is 1. The summed E-state index contributed by atoms with van der Waals surface area (Å²) in [5.41, 5.74) is 2.58. The Morgan fingerprint density at radius 2 is 2.09 bits per heavy atom. The second-order valence-electron chi connectivity index (χ2n) is 5.28. The summed E-state index contributed by atoms with van der Waals surface area (Å²) in [5, 5.41) is 3.95. The third-order valence-corrected chi connectivity index (χ3v) is 4.43. The standard InChI is InChI=1S/C17H18N4OS/c1-3-6-15-18-10-14(23-15)17(22)21-13-8-5-4-7-12(13)16-19-9-11(2)20-16/h4-5,7-10H,3,6H2,1-2H3,(H,19,20)(H,21,22). The average molecular weight is 326 g/mol. The lowest BCUT2D eigenvalue weighted by atomic mass is 10.1. The SMILES string of the molecule is CCCc1ncc(C(=O)Nc2ccccc2-c2ncc(C)[nH]2)s1. The van der Waals surface area contributed by atoms with Crippen molar-refractivity contribution in [2.75, 3.05) is 5.32 Å². The molecule has 0 radical (unpaired) electrons. The first-order valence-electron chi connectivity index (χ1n) is 7.54. The van der Waals surface area contributed by atoms with Gasteiger partial charge in [-0.1, -0.05) is 19.1 Å². The zero-order valence-corrected chi connectivity index (χ0v) is 13.9. The molecule has 3 rings (SSSR count). The van der Waals surface area contributed by atoms with E-state index in [0.717, 1.165) is 40.6 Å². The Labute approximate surface area is 138 Å². The van der Waals surface area contributed by atoms with Crippen LogP contribution in [-0.4, -0.2) is 20.9 Å². The minimum Gasteiger partial charge on any atom is -0.342 e. The number of aromatic nitrogens is 3. The summed E-state index contributed by atoms with van der Waals surface area (Å²) in [7, 11) is 0. The Balaban J connectivity index is 1.83. The summed E-state index contributed by atoms with van der Waals surface area (Å²) in [5.74, 6) is 0.606. The first kappa shape index (κ1) is 15.4. The van der Waals surface area contributed by atoms with E-state index in [1.54, 1.807) is 12.4 Å². The van der Waals surface area contributed by atoms with Crippen LogP contribution in [0.2, 0.25) is 0 Å². The number of nitrogens with zero attached hydrogens (tertiary/aromatic N) is 2. The Bertz CT molecular complexity index is 821. The Morgan fingerprint density at radius 3 is 2.83 bits per heavy atom. The van der Waals surface area contributed by atoms with E-state index in [9.17, 15) is 4.79 Å². The molecule has 1 amide bonds. The van der Waals surface area contributed by atoms with Crippen molar-refractivity contribution in [2.45, 2.75) is 26.7 Å². The largest absolute Gasteiger partial charge is 0.342 e. The third kappa shape index (κ3) is 3.48. The molecule has 5 nitrogen and oxygen atoms in total. The highest BCUT2D eigenvalue weighted by Crippen LogP contribution is 2.26. The summed E-state index contributed by atoms with van der Waals surface area (Å²) < 4.78 is 0. The zero-order valence-electron chi connectivity index (χ0n) is 13.1. The van der Waals surface area contributed by atoms with E-state index in [2.05, 4.69) is 27.2 Å². The monoisotopic (exact) mass is 326 g/mol. The molecule has 2 heterocycles. The third-order valence-electron chi connectivity index (χ3n) is 3.37. The number of amides is 1. The maximum absolute atomic E-state index is 12.4. The highest BCUT2D eigenvalue weighted by molar-refractivity contribution is 7.13. The molecule has 6 heteroatoms. The predicted molar refractivity (Wildman–Crippen MR) is 92.8 cm³/mol. The smallest absolute Gasteiger partial charge is 0.267 e. The molecule has 23 heavy (non-hydrogen) atoms. The summed E-state index contributed by atoms with van der Waals surface area (Å²) >= 11 is 1.44. The van der Waals surface area contributed by atoms with Crippen LogP contribution in [0.3, 0.4) is 0 Å². The number of carbonyl (C=O) groups excluding carboxylic acids is 1. The van der Waals surface area contributed by atoms with Crippen LogP contribution in [0.25, 0.3) is 11.4 Å². The van der Waals surface area contributed by atoms with E-state index in [-0.39, 0.29) is 5.91 Å². The van der Waals surface area contributed by atoms with E-state index in [4.69, 9.17) is 0 Å². The number of para-hydroxylation sites is 1. The van der Waals surface area contributed by atoms with Crippen molar-refractivity contribution < 1.29 is 4.79 Å². The molecule has 0 unspecified atom stereocenters. The molecular formula is C17H18N4OS. The molecule has 1 aromatic carbocycles. The molecule has 0 aliphatic carbocycles. The van der Waals surface area contributed by atoms with Crippen molar-refractivity contribution in [1.82, 2.24) is 15.0 Å². The number of rotatable bonds is 5. The maximum atomic E-state index is 12.4. The topological polar surface area (TPSA) is 70.7 Å². The predicted octanol–water partition coefficient (Wildman–Crippen LogP) is 4.05. The van der Waals surface area contributed by atoms with E-state index in [1.807, 2.05) is 31.2 Å². The summed E-state index contributed by atoms with van der Waals surface area (Å²) in [6, 6.07) is 7.63. The molecule has 0 bridgehead atoms. The van der Waals surface area contributed by atoms with Gasteiger partial charge in [0.25, 0.3) is 5.91 Å². The molecule has 0 fully saturated rings. The highest BCUT2D eigenvalue weighted by Gasteiger charge is 2.14. The van der Waals surface area contributed by atoms with Gasteiger partial charge in [0, 0.05) is 17.5 Å². The fourth-order valence-electron chi connectivity index (χ4n) is 2.28. The number of aromatic amines is 1. The van der Waals surface area contributed by atoms with Crippen LogP contribution in [-0.2, 0) is 6.42 Å². The van der Waals surface area contributed by atoms with Crippen LogP contribution in [0.1, 0.15) is 33.7 Å². The number of hydrogen-bond donors (Lipinski definition) is 2. The number of nitrogens with one attached hydrogen (secondary N) is 2. The molecule has 0 spiro atoms. The molecule has 2 aromatic heterocycles.